The zero-order valence-electron chi connectivity index (χ0n) is 7.70. The first-order valence-electron chi connectivity index (χ1n) is 4.05. The van der Waals surface area contributed by atoms with Crippen LogP contribution in [-0.4, -0.2) is 13.2 Å². The minimum absolute atomic E-state index is 0.406. The lowest BCUT2D eigenvalue weighted by Crippen LogP contribution is -2.32. The topological polar surface area (TPSA) is 12.0 Å². The van der Waals surface area contributed by atoms with Crippen molar-refractivity contribution in [2.24, 2.45) is 0 Å². The maximum absolute atomic E-state index is 13.2. The van der Waals surface area contributed by atoms with Crippen molar-refractivity contribution in [3.63, 3.8) is 0 Å². The molecule has 1 aromatic rings. The Hall–Kier alpha value is -0.620. The molecule has 0 saturated carbocycles. The summed E-state index contributed by atoms with van der Waals surface area (Å²) in [6.07, 6.45) is -4.52. The summed E-state index contributed by atoms with van der Waals surface area (Å²) in [5, 5.41) is 2.04. The molecule has 0 aliphatic rings. The third kappa shape index (κ3) is 2.92. The molecule has 0 radical (unpaired) electrons. The van der Waals surface area contributed by atoms with Crippen LogP contribution in [0.3, 0.4) is 0 Å². The lowest BCUT2D eigenvalue weighted by molar-refractivity contribution is -0.156. The quantitative estimate of drug-likeness (QED) is 0.821. The van der Waals surface area contributed by atoms with Crippen molar-refractivity contribution in [3.05, 3.63) is 34.1 Å². The van der Waals surface area contributed by atoms with E-state index in [1.807, 2.05) is 5.32 Å². The summed E-state index contributed by atoms with van der Waals surface area (Å²) >= 11 is 3.00. The number of nitrogens with one attached hydrogen (secondary N) is 1. The van der Waals surface area contributed by atoms with Crippen LogP contribution >= 0.6 is 15.9 Å². The molecule has 1 unspecified atom stereocenters. The van der Waals surface area contributed by atoms with Crippen LogP contribution < -0.4 is 5.32 Å². The van der Waals surface area contributed by atoms with Gasteiger partial charge < -0.3 is 5.32 Å². The maximum atomic E-state index is 13.2. The first-order valence-corrected chi connectivity index (χ1v) is 4.84. The van der Waals surface area contributed by atoms with Gasteiger partial charge in [0.05, 0.1) is 0 Å². The highest BCUT2D eigenvalue weighted by molar-refractivity contribution is 9.10. The summed E-state index contributed by atoms with van der Waals surface area (Å²) in [6.45, 7) is 0. The van der Waals surface area contributed by atoms with Gasteiger partial charge in [-0.05, 0) is 25.2 Å². The monoisotopic (exact) mass is 285 g/mol. The molecule has 1 N–H and O–H groups in total. The van der Waals surface area contributed by atoms with Gasteiger partial charge in [-0.15, -0.1) is 0 Å². The summed E-state index contributed by atoms with van der Waals surface area (Å²) in [4.78, 5) is 0. The van der Waals surface area contributed by atoms with Gasteiger partial charge in [0.25, 0.3) is 0 Å². The van der Waals surface area contributed by atoms with Gasteiger partial charge in [0.1, 0.15) is 11.9 Å². The Morgan fingerprint density at radius 3 is 2.40 bits per heavy atom. The first-order chi connectivity index (χ1) is 6.86. The molecule has 0 amide bonds. The predicted molar refractivity (Wildman–Crippen MR) is 52.0 cm³/mol. The van der Waals surface area contributed by atoms with Crippen LogP contribution in [0.5, 0.6) is 0 Å². The Morgan fingerprint density at radius 2 is 1.93 bits per heavy atom. The summed E-state index contributed by atoms with van der Waals surface area (Å²) < 4.78 is 51.0. The second kappa shape index (κ2) is 4.49. The van der Waals surface area contributed by atoms with Crippen molar-refractivity contribution < 1.29 is 17.6 Å². The second-order valence-corrected chi connectivity index (χ2v) is 3.84. The molecule has 0 aliphatic heterocycles. The SMILES string of the molecule is CNC(c1cc(Br)ccc1F)C(F)(F)F. The minimum atomic E-state index is -4.52. The van der Waals surface area contributed by atoms with E-state index in [1.54, 1.807) is 0 Å². The number of hydrogen-bond donors (Lipinski definition) is 1. The molecular formula is C9H8BrF4N. The van der Waals surface area contributed by atoms with E-state index in [4.69, 9.17) is 0 Å². The van der Waals surface area contributed by atoms with E-state index in [2.05, 4.69) is 15.9 Å². The van der Waals surface area contributed by atoms with Crippen molar-refractivity contribution in [1.82, 2.24) is 5.32 Å². The van der Waals surface area contributed by atoms with Gasteiger partial charge in [0.2, 0.25) is 0 Å². The first kappa shape index (κ1) is 12.4. The standard InChI is InChI=1S/C9H8BrF4N/c1-15-8(9(12,13)14)6-4-5(10)2-3-7(6)11/h2-4,8,15H,1H3. The molecule has 1 nitrogen and oxygen atoms in total. The summed E-state index contributed by atoms with van der Waals surface area (Å²) in [7, 11) is 1.14. The fourth-order valence-electron chi connectivity index (χ4n) is 1.23. The van der Waals surface area contributed by atoms with Crippen LogP contribution in [0.25, 0.3) is 0 Å². The molecule has 0 saturated heterocycles. The van der Waals surface area contributed by atoms with Crippen LogP contribution in [0.15, 0.2) is 22.7 Å². The Balaban J connectivity index is 3.18. The Bertz CT molecular complexity index is 350. The van der Waals surface area contributed by atoms with Crippen LogP contribution in [0.1, 0.15) is 11.6 Å². The van der Waals surface area contributed by atoms with Crippen molar-refractivity contribution in [1.29, 1.82) is 0 Å². The predicted octanol–water partition coefficient (Wildman–Crippen LogP) is 3.41. The van der Waals surface area contributed by atoms with Crippen molar-refractivity contribution in [2.45, 2.75) is 12.2 Å². The molecule has 0 aromatic heterocycles. The Morgan fingerprint density at radius 1 is 1.33 bits per heavy atom. The Labute approximate surface area is 92.6 Å². The number of rotatable bonds is 2. The van der Waals surface area contributed by atoms with E-state index < -0.39 is 23.6 Å². The molecule has 1 atom stereocenters. The van der Waals surface area contributed by atoms with Crippen LogP contribution in [0.4, 0.5) is 17.6 Å². The smallest absolute Gasteiger partial charge is 0.305 e. The summed E-state index contributed by atoms with van der Waals surface area (Å²) in [5.74, 6) is -0.880. The zero-order valence-corrected chi connectivity index (χ0v) is 9.29. The number of hydrogen-bond acceptors (Lipinski definition) is 1. The van der Waals surface area contributed by atoms with E-state index in [0.29, 0.717) is 4.47 Å². The Kier molecular flexibility index (Phi) is 3.72. The molecule has 0 aliphatic carbocycles. The third-order valence-corrected chi connectivity index (χ3v) is 2.38. The van der Waals surface area contributed by atoms with Gasteiger partial charge in [0, 0.05) is 10.0 Å². The lowest BCUT2D eigenvalue weighted by Gasteiger charge is -2.20. The molecule has 0 heterocycles. The molecule has 0 bridgehead atoms. The van der Waals surface area contributed by atoms with Crippen molar-refractivity contribution in [3.8, 4) is 0 Å². The fourth-order valence-corrected chi connectivity index (χ4v) is 1.61. The normalized spacial score (nSPS) is 14.0. The largest absolute Gasteiger partial charge is 0.408 e. The highest BCUT2D eigenvalue weighted by Crippen LogP contribution is 2.34. The highest BCUT2D eigenvalue weighted by Gasteiger charge is 2.41. The molecule has 0 spiro atoms. The van der Waals surface area contributed by atoms with Crippen molar-refractivity contribution >= 4 is 15.9 Å². The third-order valence-electron chi connectivity index (χ3n) is 1.89. The molecule has 6 heteroatoms. The molecule has 15 heavy (non-hydrogen) atoms. The van der Waals surface area contributed by atoms with Crippen molar-refractivity contribution in [2.75, 3.05) is 7.05 Å². The van der Waals surface area contributed by atoms with E-state index in [0.717, 1.165) is 19.2 Å². The highest BCUT2D eigenvalue weighted by atomic mass is 79.9. The van der Waals surface area contributed by atoms with Gasteiger partial charge in [-0.25, -0.2) is 4.39 Å². The van der Waals surface area contributed by atoms with E-state index in [-0.39, 0.29) is 0 Å². The summed E-state index contributed by atoms with van der Waals surface area (Å²) in [5.41, 5.74) is -0.417. The molecule has 84 valence electrons. The minimum Gasteiger partial charge on any atom is -0.305 e. The van der Waals surface area contributed by atoms with E-state index in [9.17, 15) is 17.6 Å². The second-order valence-electron chi connectivity index (χ2n) is 2.93. The molecule has 1 aromatic carbocycles. The van der Waals surface area contributed by atoms with E-state index in [1.165, 1.54) is 6.07 Å². The fraction of sp³-hybridized carbons (Fsp3) is 0.333. The molecule has 1 rings (SSSR count). The molecular weight excluding hydrogens is 278 g/mol. The number of alkyl halides is 3. The summed E-state index contributed by atoms with van der Waals surface area (Å²) in [6, 6.07) is 1.47. The van der Waals surface area contributed by atoms with Gasteiger partial charge in [0.15, 0.2) is 0 Å². The zero-order chi connectivity index (χ0) is 11.6. The average Bonchev–Trinajstić information content (AvgIpc) is 2.10. The molecule has 0 fully saturated rings. The van der Waals surface area contributed by atoms with Gasteiger partial charge in [-0.1, -0.05) is 15.9 Å². The van der Waals surface area contributed by atoms with Gasteiger partial charge in [-0.2, -0.15) is 13.2 Å². The van der Waals surface area contributed by atoms with Crippen LogP contribution in [0.2, 0.25) is 0 Å². The number of halogens is 5. The van der Waals surface area contributed by atoms with Gasteiger partial charge >= 0.3 is 6.18 Å². The van der Waals surface area contributed by atoms with Crippen LogP contribution in [0, 0.1) is 5.82 Å². The van der Waals surface area contributed by atoms with E-state index >= 15 is 0 Å². The number of benzene rings is 1. The maximum Gasteiger partial charge on any atom is 0.408 e. The lowest BCUT2D eigenvalue weighted by atomic mass is 10.1. The van der Waals surface area contributed by atoms with Crippen LogP contribution in [-0.2, 0) is 0 Å². The average molecular weight is 286 g/mol. The van der Waals surface area contributed by atoms with Gasteiger partial charge in [-0.3, -0.25) is 0 Å².